The molecule has 1 aromatic carbocycles. The van der Waals surface area contributed by atoms with Crippen LogP contribution in [0.15, 0.2) is 21.7 Å². The number of hydrogen-bond donors (Lipinski definition) is 1. The van der Waals surface area contributed by atoms with Gasteiger partial charge in [-0.2, -0.15) is 0 Å². The molecule has 0 bridgehead atoms. The summed E-state index contributed by atoms with van der Waals surface area (Å²) in [5, 5.41) is 7.66. The first-order valence-corrected chi connectivity index (χ1v) is 5.95. The van der Waals surface area contributed by atoms with Crippen LogP contribution in [-0.2, 0) is 0 Å². The molecule has 0 atom stereocenters. The van der Waals surface area contributed by atoms with Crippen molar-refractivity contribution in [1.29, 1.82) is 0 Å². The van der Waals surface area contributed by atoms with Crippen LogP contribution in [0.3, 0.4) is 0 Å². The van der Waals surface area contributed by atoms with Crippen LogP contribution in [0.2, 0.25) is 0 Å². The number of nitrogens with two attached hydrogens (primary N) is 1. The Morgan fingerprint density at radius 1 is 1.31 bits per heavy atom. The standard InChI is InChI=1S/C10H14N4OS/c1-14(2)5-6-16-8-4-3-7(11)9-10(8)13-15-12-9/h3-4H,5-6,11H2,1-2H3. The summed E-state index contributed by atoms with van der Waals surface area (Å²) in [4.78, 5) is 3.20. The van der Waals surface area contributed by atoms with Gasteiger partial charge in [-0.15, -0.1) is 11.8 Å². The molecule has 0 spiro atoms. The van der Waals surface area contributed by atoms with Gasteiger partial charge in [0, 0.05) is 17.2 Å². The summed E-state index contributed by atoms with van der Waals surface area (Å²) < 4.78 is 4.71. The summed E-state index contributed by atoms with van der Waals surface area (Å²) in [5.74, 6) is 0.999. The number of rotatable bonds is 4. The van der Waals surface area contributed by atoms with Crippen molar-refractivity contribution in [2.24, 2.45) is 0 Å². The molecular weight excluding hydrogens is 224 g/mol. The van der Waals surface area contributed by atoms with Gasteiger partial charge >= 0.3 is 0 Å². The number of hydrogen-bond acceptors (Lipinski definition) is 6. The summed E-state index contributed by atoms with van der Waals surface area (Å²) in [5.41, 5.74) is 7.77. The first-order chi connectivity index (χ1) is 7.68. The lowest BCUT2D eigenvalue weighted by Gasteiger charge is -2.08. The number of anilines is 1. The van der Waals surface area contributed by atoms with Gasteiger partial charge in [0.05, 0.1) is 5.69 Å². The Morgan fingerprint density at radius 2 is 2.06 bits per heavy atom. The average molecular weight is 238 g/mol. The van der Waals surface area contributed by atoms with Crippen LogP contribution >= 0.6 is 11.8 Å². The van der Waals surface area contributed by atoms with Gasteiger partial charge in [-0.25, -0.2) is 4.63 Å². The Morgan fingerprint density at radius 3 is 2.81 bits per heavy atom. The second kappa shape index (κ2) is 4.71. The van der Waals surface area contributed by atoms with Crippen molar-refractivity contribution in [3.63, 3.8) is 0 Å². The summed E-state index contributed by atoms with van der Waals surface area (Å²) in [6.45, 7) is 1.02. The molecule has 0 aliphatic carbocycles. The summed E-state index contributed by atoms with van der Waals surface area (Å²) in [6.07, 6.45) is 0. The Balaban J connectivity index is 2.18. The van der Waals surface area contributed by atoms with Crippen molar-refractivity contribution >= 4 is 28.5 Å². The van der Waals surface area contributed by atoms with E-state index in [1.54, 1.807) is 11.8 Å². The molecule has 2 aromatic rings. The van der Waals surface area contributed by atoms with E-state index in [1.807, 2.05) is 12.1 Å². The van der Waals surface area contributed by atoms with E-state index >= 15 is 0 Å². The first-order valence-electron chi connectivity index (χ1n) is 4.97. The molecule has 0 unspecified atom stereocenters. The van der Waals surface area contributed by atoms with E-state index in [-0.39, 0.29) is 0 Å². The Kier molecular flexibility index (Phi) is 3.31. The Hall–Kier alpha value is -1.27. The predicted molar refractivity (Wildman–Crippen MR) is 65.5 cm³/mol. The minimum atomic E-state index is 0.605. The first kappa shape index (κ1) is 11.2. The second-order valence-corrected chi connectivity index (χ2v) is 4.90. The van der Waals surface area contributed by atoms with E-state index in [0.717, 1.165) is 22.7 Å². The monoisotopic (exact) mass is 238 g/mol. The third kappa shape index (κ3) is 2.28. The van der Waals surface area contributed by atoms with Crippen molar-refractivity contribution < 1.29 is 4.63 Å². The fraction of sp³-hybridized carbons (Fsp3) is 0.400. The maximum Gasteiger partial charge on any atom is 0.159 e. The minimum absolute atomic E-state index is 0.605. The topological polar surface area (TPSA) is 68.2 Å². The molecule has 0 fully saturated rings. The van der Waals surface area contributed by atoms with E-state index in [0.29, 0.717) is 11.2 Å². The molecule has 16 heavy (non-hydrogen) atoms. The predicted octanol–water partition coefficient (Wildman–Crippen LogP) is 1.46. The fourth-order valence-electron chi connectivity index (χ4n) is 1.32. The van der Waals surface area contributed by atoms with E-state index in [1.165, 1.54) is 0 Å². The molecule has 6 heteroatoms. The summed E-state index contributed by atoms with van der Waals surface area (Å²) >= 11 is 1.73. The van der Waals surface area contributed by atoms with E-state index in [9.17, 15) is 0 Å². The highest BCUT2D eigenvalue weighted by Gasteiger charge is 2.10. The highest BCUT2D eigenvalue weighted by atomic mass is 32.2. The Labute approximate surface area is 97.9 Å². The number of fused-ring (bicyclic) bond motifs is 1. The van der Waals surface area contributed by atoms with Gasteiger partial charge in [0.1, 0.15) is 0 Å². The van der Waals surface area contributed by atoms with E-state index in [4.69, 9.17) is 10.4 Å². The molecule has 2 N–H and O–H groups in total. The smallest absolute Gasteiger partial charge is 0.159 e. The van der Waals surface area contributed by atoms with Crippen LogP contribution in [0.25, 0.3) is 11.0 Å². The number of nitrogen functional groups attached to an aromatic ring is 1. The molecule has 0 aliphatic rings. The largest absolute Gasteiger partial charge is 0.397 e. The Bertz CT molecular complexity index is 483. The number of nitrogens with zero attached hydrogens (tertiary/aromatic N) is 3. The van der Waals surface area contributed by atoms with Crippen molar-refractivity contribution in [3.05, 3.63) is 12.1 Å². The molecule has 86 valence electrons. The zero-order valence-electron chi connectivity index (χ0n) is 9.30. The molecule has 0 amide bonds. The third-order valence-electron chi connectivity index (χ3n) is 2.21. The molecule has 1 heterocycles. The van der Waals surface area contributed by atoms with Crippen molar-refractivity contribution in [1.82, 2.24) is 15.2 Å². The molecular formula is C10H14N4OS. The third-order valence-corrected chi connectivity index (χ3v) is 3.23. The van der Waals surface area contributed by atoms with Crippen LogP contribution in [0.5, 0.6) is 0 Å². The summed E-state index contributed by atoms with van der Waals surface area (Å²) in [7, 11) is 4.10. The highest BCUT2D eigenvalue weighted by Crippen LogP contribution is 2.28. The van der Waals surface area contributed by atoms with Crippen LogP contribution in [0.1, 0.15) is 0 Å². The number of benzene rings is 1. The highest BCUT2D eigenvalue weighted by molar-refractivity contribution is 7.99. The quantitative estimate of drug-likeness (QED) is 0.642. The van der Waals surface area contributed by atoms with E-state index in [2.05, 4.69) is 29.3 Å². The van der Waals surface area contributed by atoms with Gasteiger partial charge in [0.25, 0.3) is 0 Å². The van der Waals surface area contributed by atoms with Crippen LogP contribution in [0, 0.1) is 0 Å². The van der Waals surface area contributed by atoms with Gasteiger partial charge in [-0.3, -0.25) is 0 Å². The van der Waals surface area contributed by atoms with Gasteiger partial charge in [0.15, 0.2) is 11.0 Å². The number of aromatic nitrogens is 2. The molecule has 2 rings (SSSR count). The van der Waals surface area contributed by atoms with Gasteiger partial charge < -0.3 is 10.6 Å². The SMILES string of the molecule is CN(C)CCSc1ccc(N)c2nonc12. The lowest BCUT2D eigenvalue weighted by molar-refractivity contribution is 0.315. The van der Waals surface area contributed by atoms with Crippen molar-refractivity contribution in [2.75, 3.05) is 32.1 Å². The number of thioether (sulfide) groups is 1. The normalized spacial score (nSPS) is 11.4. The molecule has 0 saturated carbocycles. The molecule has 5 nitrogen and oxygen atoms in total. The van der Waals surface area contributed by atoms with Crippen LogP contribution in [0.4, 0.5) is 5.69 Å². The van der Waals surface area contributed by atoms with Crippen molar-refractivity contribution in [3.8, 4) is 0 Å². The van der Waals surface area contributed by atoms with Gasteiger partial charge in [0.2, 0.25) is 0 Å². The maximum absolute atomic E-state index is 5.77. The minimum Gasteiger partial charge on any atom is -0.397 e. The lowest BCUT2D eigenvalue weighted by Crippen LogP contribution is -2.14. The van der Waals surface area contributed by atoms with Crippen LogP contribution < -0.4 is 5.73 Å². The second-order valence-electron chi connectivity index (χ2n) is 3.77. The summed E-state index contributed by atoms with van der Waals surface area (Å²) in [6, 6.07) is 3.80. The molecule has 0 saturated heterocycles. The molecule has 0 radical (unpaired) electrons. The van der Waals surface area contributed by atoms with Crippen molar-refractivity contribution in [2.45, 2.75) is 4.90 Å². The van der Waals surface area contributed by atoms with Gasteiger partial charge in [-0.05, 0) is 36.5 Å². The maximum atomic E-state index is 5.77. The van der Waals surface area contributed by atoms with Crippen LogP contribution in [-0.4, -0.2) is 41.6 Å². The lowest BCUT2D eigenvalue weighted by atomic mass is 10.3. The molecule has 1 aromatic heterocycles. The average Bonchev–Trinajstić information content (AvgIpc) is 2.70. The molecule has 0 aliphatic heterocycles. The zero-order chi connectivity index (χ0) is 11.5. The van der Waals surface area contributed by atoms with E-state index < -0.39 is 0 Å². The van der Waals surface area contributed by atoms with Gasteiger partial charge in [-0.1, -0.05) is 0 Å². The zero-order valence-corrected chi connectivity index (χ0v) is 10.1. The fourth-order valence-corrected chi connectivity index (χ4v) is 2.43.